The largest absolute Gasteiger partial charge is 0.370 e. The molecule has 6 N–H and O–H groups in total. The van der Waals surface area contributed by atoms with Gasteiger partial charge in [-0.25, -0.2) is 4.99 Å². The fourth-order valence-electron chi connectivity index (χ4n) is 2.52. The second kappa shape index (κ2) is 7.13. The van der Waals surface area contributed by atoms with Crippen LogP contribution in [0.25, 0.3) is 0 Å². The molecule has 0 bridgehead atoms. The van der Waals surface area contributed by atoms with Crippen LogP contribution in [0.5, 0.6) is 0 Å². The average molecular weight is 334 g/mol. The molecule has 0 spiro atoms. The van der Waals surface area contributed by atoms with Gasteiger partial charge in [0.1, 0.15) is 5.69 Å². The maximum atomic E-state index is 11.4. The summed E-state index contributed by atoms with van der Waals surface area (Å²) in [5, 5.41) is 11.4. The molecule has 1 saturated heterocycles. The number of nitrogens with zero attached hydrogens (tertiary/aromatic N) is 5. The Morgan fingerprint density at radius 1 is 1.21 bits per heavy atom. The summed E-state index contributed by atoms with van der Waals surface area (Å²) in [5.41, 5.74) is 17.9. The fraction of sp³-hybridized carbons (Fsp3) is 0.429. The Hall–Kier alpha value is -2.88. The van der Waals surface area contributed by atoms with E-state index in [4.69, 9.17) is 17.2 Å². The van der Waals surface area contributed by atoms with Crippen LogP contribution in [0.3, 0.4) is 0 Å². The summed E-state index contributed by atoms with van der Waals surface area (Å²) in [4.78, 5) is 23.0. The summed E-state index contributed by atoms with van der Waals surface area (Å²) in [6.45, 7) is 4.79. The quantitative estimate of drug-likeness (QED) is 0.301. The summed E-state index contributed by atoms with van der Waals surface area (Å²) in [6, 6.07) is 3.16. The zero-order valence-corrected chi connectivity index (χ0v) is 13.8. The number of hydrogen-bond acceptors (Lipinski definition) is 5. The van der Waals surface area contributed by atoms with Crippen molar-refractivity contribution in [2.45, 2.75) is 6.92 Å². The van der Waals surface area contributed by atoms with Crippen molar-refractivity contribution >= 4 is 29.0 Å². The van der Waals surface area contributed by atoms with Crippen LogP contribution in [0.2, 0.25) is 0 Å². The van der Waals surface area contributed by atoms with E-state index >= 15 is 0 Å². The zero-order chi connectivity index (χ0) is 17.9. The van der Waals surface area contributed by atoms with E-state index in [0.29, 0.717) is 30.0 Å². The van der Waals surface area contributed by atoms with E-state index in [2.05, 4.69) is 14.9 Å². The number of hydrogen-bond donors (Lipinski definition) is 3. The number of nitro benzene ring substituents is 1. The number of aryl methyl sites for hydroxylation is 1. The van der Waals surface area contributed by atoms with Crippen molar-refractivity contribution in [1.82, 2.24) is 4.90 Å². The predicted molar refractivity (Wildman–Crippen MR) is 94.6 cm³/mol. The van der Waals surface area contributed by atoms with Gasteiger partial charge in [0.25, 0.3) is 5.69 Å². The molecule has 1 aromatic carbocycles. The Kier molecular flexibility index (Phi) is 5.19. The van der Waals surface area contributed by atoms with E-state index < -0.39 is 0 Å². The van der Waals surface area contributed by atoms with E-state index in [1.54, 1.807) is 13.0 Å². The summed E-state index contributed by atoms with van der Waals surface area (Å²) < 4.78 is 0. The van der Waals surface area contributed by atoms with Crippen molar-refractivity contribution in [3.05, 3.63) is 27.8 Å². The van der Waals surface area contributed by atoms with Gasteiger partial charge in [0.15, 0.2) is 5.96 Å². The maximum absolute atomic E-state index is 11.4. The highest BCUT2D eigenvalue weighted by molar-refractivity contribution is 5.94. The van der Waals surface area contributed by atoms with Crippen LogP contribution in [0.1, 0.15) is 5.56 Å². The molecule has 24 heavy (non-hydrogen) atoms. The molecule has 130 valence electrons. The predicted octanol–water partition coefficient (Wildman–Crippen LogP) is -0.125. The molecule has 1 aromatic rings. The van der Waals surface area contributed by atoms with Crippen LogP contribution in [0, 0.1) is 17.0 Å². The van der Waals surface area contributed by atoms with Crippen LogP contribution in [-0.2, 0) is 0 Å². The average Bonchev–Trinajstić information content (AvgIpc) is 2.49. The van der Waals surface area contributed by atoms with E-state index in [9.17, 15) is 10.1 Å². The van der Waals surface area contributed by atoms with Gasteiger partial charge in [-0.2, -0.15) is 4.99 Å². The molecule has 1 heterocycles. The SMILES string of the molecule is Cc1cc([N+](=O)[O-])c(N2CCN(C)CC2)cc1N=C(N)N=C(N)N. The Balaban J connectivity index is 2.46. The molecule has 1 aliphatic heterocycles. The molecule has 0 amide bonds. The minimum Gasteiger partial charge on any atom is -0.370 e. The number of anilines is 1. The Labute approximate surface area is 139 Å². The summed E-state index contributed by atoms with van der Waals surface area (Å²) >= 11 is 0. The Bertz CT molecular complexity index is 688. The third kappa shape index (κ3) is 4.10. The lowest BCUT2D eigenvalue weighted by Crippen LogP contribution is -2.44. The first-order valence-corrected chi connectivity index (χ1v) is 7.44. The molecular formula is C14H22N8O2. The molecule has 0 aliphatic carbocycles. The number of rotatable bonds is 3. The molecule has 0 unspecified atom stereocenters. The number of likely N-dealkylation sites (N-methyl/N-ethyl adjacent to an activating group) is 1. The van der Waals surface area contributed by atoms with Crippen LogP contribution in [0.15, 0.2) is 22.1 Å². The molecule has 0 radical (unpaired) electrons. The number of benzene rings is 1. The lowest BCUT2D eigenvalue weighted by atomic mass is 10.1. The van der Waals surface area contributed by atoms with Crippen molar-refractivity contribution in [3.63, 3.8) is 0 Å². The molecule has 0 aromatic heterocycles. The standard InChI is InChI=1S/C14H22N8O2/c1-9-7-12(22(23)24)11(21-5-3-20(2)4-6-21)8-10(9)18-14(17)19-13(15)16/h7-8H,3-6H2,1-2H3,(H6,15,16,17,18,19). The molecule has 2 rings (SSSR count). The van der Waals surface area contributed by atoms with Gasteiger partial charge in [0.2, 0.25) is 5.96 Å². The van der Waals surface area contributed by atoms with E-state index in [1.807, 2.05) is 11.9 Å². The second-order valence-electron chi connectivity index (χ2n) is 5.68. The number of guanidine groups is 2. The van der Waals surface area contributed by atoms with E-state index in [1.165, 1.54) is 6.07 Å². The van der Waals surface area contributed by atoms with Gasteiger partial charge in [-0.15, -0.1) is 0 Å². The molecule has 1 fully saturated rings. The van der Waals surface area contributed by atoms with Gasteiger partial charge in [-0.3, -0.25) is 10.1 Å². The summed E-state index contributed by atoms with van der Waals surface area (Å²) in [6.07, 6.45) is 0. The van der Waals surface area contributed by atoms with Gasteiger partial charge in [-0.05, 0) is 25.6 Å². The van der Waals surface area contributed by atoms with Crippen molar-refractivity contribution in [1.29, 1.82) is 0 Å². The summed E-state index contributed by atoms with van der Waals surface area (Å²) in [7, 11) is 2.02. The van der Waals surface area contributed by atoms with Crippen molar-refractivity contribution < 1.29 is 4.92 Å². The van der Waals surface area contributed by atoms with Crippen molar-refractivity contribution in [2.75, 3.05) is 38.1 Å². The van der Waals surface area contributed by atoms with Crippen LogP contribution in [-0.4, -0.2) is 55.0 Å². The third-order valence-corrected chi connectivity index (χ3v) is 3.81. The Morgan fingerprint density at radius 3 is 2.38 bits per heavy atom. The number of piperazine rings is 1. The molecule has 0 atom stereocenters. The van der Waals surface area contributed by atoms with Gasteiger partial charge >= 0.3 is 0 Å². The molecule has 10 nitrogen and oxygen atoms in total. The van der Waals surface area contributed by atoms with Crippen LogP contribution in [0.4, 0.5) is 17.1 Å². The minimum atomic E-state index is -0.381. The minimum absolute atomic E-state index is 0.0522. The van der Waals surface area contributed by atoms with Crippen LogP contribution >= 0.6 is 0 Å². The third-order valence-electron chi connectivity index (χ3n) is 3.81. The molecular weight excluding hydrogens is 312 g/mol. The van der Waals surface area contributed by atoms with Gasteiger partial charge in [-0.1, -0.05) is 0 Å². The van der Waals surface area contributed by atoms with E-state index in [-0.39, 0.29) is 22.5 Å². The first-order chi connectivity index (χ1) is 11.3. The topological polar surface area (TPSA) is 152 Å². The molecule has 0 saturated carbocycles. The fourth-order valence-corrected chi connectivity index (χ4v) is 2.52. The zero-order valence-electron chi connectivity index (χ0n) is 13.8. The first-order valence-electron chi connectivity index (χ1n) is 7.44. The highest BCUT2D eigenvalue weighted by Crippen LogP contribution is 2.35. The number of nitrogens with two attached hydrogens (primary N) is 3. The first kappa shape index (κ1) is 17.5. The lowest BCUT2D eigenvalue weighted by Gasteiger charge is -2.33. The molecule has 1 aliphatic rings. The van der Waals surface area contributed by atoms with Crippen molar-refractivity contribution in [3.8, 4) is 0 Å². The Morgan fingerprint density at radius 2 is 1.83 bits per heavy atom. The molecule has 10 heteroatoms. The van der Waals surface area contributed by atoms with Gasteiger partial charge in [0.05, 0.1) is 10.6 Å². The number of aliphatic imine (C=N–C) groups is 2. The second-order valence-corrected chi connectivity index (χ2v) is 5.68. The van der Waals surface area contributed by atoms with Gasteiger partial charge < -0.3 is 27.0 Å². The lowest BCUT2D eigenvalue weighted by molar-refractivity contribution is -0.384. The van der Waals surface area contributed by atoms with Crippen molar-refractivity contribution in [2.24, 2.45) is 27.2 Å². The monoisotopic (exact) mass is 334 g/mol. The highest BCUT2D eigenvalue weighted by atomic mass is 16.6. The summed E-state index contributed by atoms with van der Waals surface area (Å²) in [5.74, 6) is -0.300. The van der Waals surface area contributed by atoms with Gasteiger partial charge in [0, 0.05) is 32.2 Å². The normalized spacial score (nSPS) is 16.1. The maximum Gasteiger partial charge on any atom is 0.292 e. The number of nitro groups is 1. The highest BCUT2D eigenvalue weighted by Gasteiger charge is 2.24. The van der Waals surface area contributed by atoms with Crippen LogP contribution < -0.4 is 22.1 Å². The van der Waals surface area contributed by atoms with E-state index in [0.717, 1.165) is 13.1 Å². The smallest absolute Gasteiger partial charge is 0.292 e.